The Hall–Kier alpha value is -2.38. The molecule has 1 saturated heterocycles. The third-order valence-electron chi connectivity index (χ3n) is 5.18. The molecule has 0 bridgehead atoms. The Morgan fingerprint density at radius 2 is 2.29 bits per heavy atom. The molecule has 122 valence electrons. The second-order valence-electron chi connectivity index (χ2n) is 6.70. The van der Waals surface area contributed by atoms with Gasteiger partial charge >= 0.3 is 5.97 Å². The maximum absolute atomic E-state index is 12.0. The number of ether oxygens (including phenoxy) is 1. The third-order valence-corrected chi connectivity index (χ3v) is 5.18. The van der Waals surface area contributed by atoms with Gasteiger partial charge in [-0.15, -0.1) is 0 Å². The number of hydrogen-bond acceptors (Lipinski definition) is 4. The molecule has 0 aromatic carbocycles. The number of piperidine rings is 1. The first-order valence-corrected chi connectivity index (χ1v) is 8.48. The Kier molecular flexibility index (Phi) is 3.74. The van der Waals surface area contributed by atoms with Gasteiger partial charge < -0.3 is 4.74 Å². The minimum Gasteiger partial charge on any atom is -0.450 e. The normalized spacial score (nSPS) is 29.2. The molecule has 0 N–H and O–H groups in total. The molecule has 4 nitrogen and oxygen atoms in total. The number of fused-ring (bicyclic) bond motifs is 3. The smallest absolute Gasteiger partial charge is 0.332 e. The molecular formula is C20H20N2O2. The molecule has 1 aromatic heterocycles. The SMILES string of the molecule is C[C@]12OC(=O)C=C1C(C#Cc1cccnc1)=CCN1CCCC[C@@H]12. The summed E-state index contributed by atoms with van der Waals surface area (Å²) in [5.74, 6) is 6.15. The number of hydrogen-bond donors (Lipinski definition) is 0. The molecule has 0 aliphatic carbocycles. The Labute approximate surface area is 142 Å². The molecule has 24 heavy (non-hydrogen) atoms. The predicted molar refractivity (Wildman–Crippen MR) is 91.0 cm³/mol. The van der Waals surface area contributed by atoms with Crippen LogP contribution in [0.25, 0.3) is 0 Å². The molecule has 3 aliphatic heterocycles. The van der Waals surface area contributed by atoms with E-state index in [1.54, 1.807) is 18.5 Å². The first kappa shape index (κ1) is 15.2. The summed E-state index contributed by atoms with van der Waals surface area (Å²) in [5, 5.41) is 0. The third kappa shape index (κ3) is 2.55. The lowest BCUT2D eigenvalue weighted by atomic mass is 9.81. The minimum atomic E-state index is -0.594. The van der Waals surface area contributed by atoms with Gasteiger partial charge in [0.15, 0.2) is 5.60 Å². The van der Waals surface area contributed by atoms with E-state index in [0.717, 1.165) is 36.2 Å². The molecule has 3 aliphatic rings. The molecule has 4 heterocycles. The molecule has 0 spiro atoms. The fourth-order valence-corrected chi connectivity index (χ4v) is 3.99. The van der Waals surface area contributed by atoms with Crippen LogP contribution in [0.1, 0.15) is 31.7 Å². The van der Waals surface area contributed by atoms with Crippen molar-refractivity contribution in [1.29, 1.82) is 0 Å². The number of rotatable bonds is 0. The van der Waals surface area contributed by atoms with Crippen molar-refractivity contribution in [2.24, 2.45) is 0 Å². The van der Waals surface area contributed by atoms with Gasteiger partial charge in [-0.25, -0.2) is 4.79 Å². The highest BCUT2D eigenvalue weighted by Crippen LogP contribution is 2.42. The predicted octanol–water partition coefficient (Wildman–Crippen LogP) is 2.47. The average Bonchev–Trinajstić information content (AvgIpc) is 2.86. The van der Waals surface area contributed by atoms with Crippen LogP contribution in [-0.4, -0.2) is 40.6 Å². The number of esters is 1. The molecule has 0 radical (unpaired) electrons. The highest BCUT2D eigenvalue weighted by atomic mass is 16.6. The monoisotopic (exact) mass is 320 g/mol. The molecule has 4 heteroatoms. The van der Waals surface area contributed by atoms with E-state index in [2.05, 4.69) is 27.8 Å². The Morgan fingerprint density at radius 3 is 3.12 bits per heavy atom. The van der Waals surface area contributed by atoms with E-state index >= 15 is 0 Å². The van der Waals surface area contributed by atoms with E-state index in [-0.39, 0.29) is 12.0 Å². The van der Waals surface area contributed by atoms with Crippen LogP contribution in [0.2, 0.25) is 0 Å². The lowest BCUT2D eigenvalue weighted by Gasteiger charge is -2.43. The van der Waals surface area contributed by atoms with Crippen LogP contribution < -0.4 is 0 Å². The zero-order chi connectivity index (χ0) is 16.6. The maximum Gasteiger partial charge on any atom is 0.332 e. The second kappa shape index (κ2) is 5.92. The van der Waals surface area contributed by atoms with Gasteiger partial charge in [0.1, 0.15) is 0 Å². The first-order valence-electron chi connectivity index (χ1n) is 8.48. The molecule has 0 saturated carbocycles. The summed E-state index contributed by atoms with van der Waals surface area (Å²) in [7, 11) is 0. The van der Waals surface area contributed by atoms with Crippen molar-refractivity contribution in [2.45, 2.75) is 37.8 Å². The average molecular weight is 320 g/mol. The number of aromatic nitrogens is 1. The zero-order valence-electron chi connectivity index (χ0n) is 13.8. The van der Waals surface area contributed by atoms with E-state index in [4.69, 9.17) is 4.74 Å². The molecular weight excluding hydrogens is 300 g/mol. The van der Waals surface area contributed by atoms with Gasteiger partial charge in [0.05, 0.1) is 6.04 Å². The van der Waals surface area contributed by atoms with Crippen molar-refractivity contribution < 1.29 is 9.53 Å². The topological polar surface area (TPSA) is 42.4 Å². The van der Waals surface area contributed by atoms with Gasteiger partial charge in [-0.3, -0.25) is 9.88 Å². The minimum absolute atomic E-state index is 0.234. The Balaban J connectivity index is 1.74. The van der Waals surface area contributed by atoms with Crippen molar-refractivity contribution in [3.63, 3.8) is 0 Å². The number of carbonyl (C=O) groups is 1. The van der Waals surface area contributed by atoms with Gasteiger partial charge in [-0.1, -0.05) is 24.3 Å². The summed E-state index contributed by atoms with van der Waals surface area (Å²) in [6.07, 6.45) is 10.7. The largest absolute Gasteiger partial charge is 0.450 e. The summed E-state index contributed by atoms with van der Waals surface area (Å²) in [4.78, 5) is 18.5. The van der Waals surface area contributed by atoms with Gasteiger partial charge in [0.25, 0.3) is 0 Å². The van der Waals surface area contributed by atoms with E-state index in [9.17, 15) is 4.79 Å². The van der Waals surface area contributed by atoms with E-state index < -0.39 is 5.60 Å². The van der Waals surface area contributed by atoms with Crippen molar-refractivity contribution in [2.75, 3.05) is 13.1 Å². The van der Waals surface area contributed by atoms with Gasteiger partial charge in [-0.05, 0) is 38.4 Å². The Morgan fingerprint density at radius 1 is 1.38 bits per heavy atom. The summed E-state index contributed by atoms with van der Waals surface area (Å²) < 4.78 is 5.79. The van der Waals surface area contributed by atoms with Crippen LogP contribution in [0, 0.1) is 11.8 Å². The van der Waals surface area contributed by atoms with Crippen LogP contribution in [0.3, 0.4) is 0 Å². The van der Waals surface area contributed by atoms with E-state index in [1.165, 1.54) is 12.8 Å². The standard InChI is InChI=1S/C20H20N2O2/c1-20-17(13-19(23)24-20)16(8-7-15-5-4-10-21-14-15)9-12-22-11-3-2-6-18(20)22/h4-5,9-10,13-14,18H,2-3,6,11-12H2,1H3/t18-,20+/m1/s1. The highest BCUT2D eigenvalue weighted by Gasteiger charge is 2.50. The summed E-state index contributed by atoms with van der Waals surface area (Å²) >= 11 is 0. The van der Waals surface area contributed by atoms with Crippen LogP contribution in [0.15, 0.2) is 47.8 Å². The second-order valence-corrected chi connectivity index (χ2v) is 6.70. The zero-order valence-corrected chi connectivity index (χ0v) is 13.8. The fraction of sp³-hybridized carbons (Fsp3) is 0.400. The molecule has 1 aromatic rings. The van der Waals surface area contributed by atoms with Gasteiger partial charge in [-0.2, -0.15) is 0 Å². The number of nitrogens with zero attached hydrogens (tertiary/aromatic N) is 2. The van der Waals surface area contributed by atoms with Crippen molar-refractivity contribution in [3.05, 3.63) is 53.4 Å². The summed E-state index contributed by atoms with van der Waals surface area (Å²) in [6, 6.07) is 4.04. The van der Waals surface area contributed by atoms with Crippen LogP contribution in [-0.2, 0) is 9.53 Å². The summed E-state index contributed by atoms with van der Waals surface area (Å²) in [6.45, 7) is 3.94. The van der Waals surface area contributed by atoms with Crippen molar-refractivity contribution in [1.82, 2.24) is 9.88 Å². The van der Waals surface area contributed by atoms with Gasteiger partial charge in [0, 0.05) is 41.7 Å². The molecule has 2 atom stereocenters. The molecule has 0 unspecified atom stereocenters. The highest BCUT2D eigenvalue weighted by molar-refractivity contribution is 5.89. The van der Waals surface area contributed by atoms with E-state index in [0.29, 0.717) is 0 Å². The fourth-order valence-electron chi connectivity index (χ4n) is 3.99. The number of carbonyl (C=O) groups excluding carboxylic acids is 1. The molecule has 1 fully saturated rings. The quantitative estimate of drug-likeness (QED) is 0.544. The lowest BCUT2D eigenvalue weighted by molar-refractivity contribution is -0.150. The van der Waals surface area contributed by atoms with Crippen LogP contribution in [0.5, 0.6) is 0 Å². The molecule has 0 amide bonds. The number of pyridine rings is 1. The van der Waals surface area contributed by atoms with Crippen LogP contribution >= 0.6 is 0 Å². The van der Waals surface area contributed by atoms with Gasteiger partial charge in [0.2, 0.25) is 0 Å². The maximum atomic E-state index is 12.0. The van der Waals surface area contributed by atoms with Crippen molar-refractivity contribution >= 4 is 5.97 Å². The summed E-state index contributed by atoms with van der Waals surface area (Å²) in [5.41, 5.74) is 2.11. The molecule has 4 rings (SSSR count). The van der Waals surface area contributed by atoms with Crippen molar-refractivity contribution in [3.8, 4) is 11.8 Å². The van der Waals surface area contributed by atoms with Crippen LogP contribution in [0.4, 0.5) is 0 Å². The lowest BCUT2D eigenvalue weighted by Crippen LogP contribution is -2.53. The van der Waals surface area contributed by atoms with E-state index in [1.807, 2.05) is 19.1 Å². The Bertz CT molecular complexity index is 785. The first-order chi connectivity index (χ1) is 11.7.